The van der Waals surface area contributed by atoms with Gasteiger partial charge in [-0.25, -0.2) is 4.68 Å². The van der Waals surface area contributed by atoms with E-state index in [1.165, 1.54) is 0 Å². The zero-order valence-corrected chi connectivity index (χ0v) is 17.9. The van der Waals surface area contributed by atoms with Crippen molar-refractivity contribution in [3.05, 3.63) is 82.1 Å². The Morgan fingerprint density at radius 1 is 0.931 bits per heavy atom. The van der Waals surface area contributed by atoms with Crippen LogP contribution in [0.3, 0.4) is 0 Å². The molecular weight excluding hydrogens is 403 g/mol. The number of anilines is 1. The SMILES string of the molecule is Cc1c(/C=C/CN2CCN(c3cc(Cl)cc(Cl)c3)CC2)cnn1-c1ccccc1. The summed E-state index contributed by atoms with van der Waals surface area (Å²) >= 11 is 12.3. The molecule has 3 aromatic rings. The lowest BCUT2D eigenvalue weighted by Gasteiger charge is -2.35. The second kappa shape index (κ2) is 9.04. The fourth-order valence-corrected chi connectivity index (χ4v) is 4.17. The van der Waals surface area contributed by atoms with Gasteiger partial charge in [0.2, 0.25) is 0 Å². The van der Waals surface area contributed by atoms with Crippen molar-refractivity contribution in [1.29, 1.82) is 0 Å². The topological polar surface area (TPSA) is 24.3 Å². The normalized spacial score (nSPS) is 15.3. The number of benzene rings is 2. The fourth-order valence-electron chi connectivity index (χ4n) is 3.65. The number of hydrogen-bond acceptors (Lipinski definition) is 3. The molecule has 4 nitrogen and oxygen atoms in total. The van der Waals surface area contributed by atoms with Gasteiger partial charge in [0, 0.05) is 59.7 Å². The summed E-state index contributed by atoms with van der Waals surface area (Å²) in [5, 5.41) is 5.90. The molecule has 0 saturated carbocycles. The van der Waals surface area contributed by atoms with E-state index in [0.717, 1.165) is 55.4 Å². The van der Waals surface area contributed by atoms with Crippen LogP contribution in [0.2, 0.25) is 10.0 Å². The molecule has 1 aliphatic heterocycles. The van der Waals surface area contributed by atoms with E-state index in [0.29, 0.717) is 10.0 Å². The summed E-state index contributed by atoms with van der Waals surface area (Å²) in [5.74, 6) is 0. The third-order valence-electron chi connectivity index (χ3n) is 5.29. The maximum atomic E-state index is 6.14. The summed E-state index contributed by atoms with van der Waals surface area (Å²) in [6.45, 7) is 6.99. The lowest BCUT2D eigenvalue weighted by Crippen LogP contribution is -2.46. The molecule has 0 amide bonds. The van der Waals surface area contributed by atoms with Crippen molar-refractivity contribution in [1.82, 2.24) is 14.7 Å². The van der Waals surface area contributed by atoms with Crippen molar-refractivity contribution in [2.24, 2.45) is 0 Å². The summed E-state index contributed by atoms with van der Waals surface area (Å²) in [4.78, 5) is 4.79. The van der Waals surface area contributed by atoms with Gasteiger partial charge in [-0.05, 0) is 37.3 Å². The average molecular weight is 427 g/mol. The first-order valence-corrected chi connectivity index (χ1v) is 10.6. The molecule has 0 aliphatic carbocycles. The Kier molecular flexibility index (Phi) is 6.24. The molecule has 0 spiro atoms. The molecular formula is C23H24Cl2N4. The van der Waals surface area contributed by atoms with Crippen molar-refractivity contribution >= 4 is 35.0 Å². The van der Waals surface area contributed by atoms with Crippen LogP contribution in [0.4, 0.5) is 5.69 Å². The van der Waals surface area contributed by atoms with E-state index >= 15 is 0 Å². The average Bonchev–Trinajstić information content (AvgIpc) is 3.09. The molecule has 1 fully saturated rings. The molecule has 1 aromatic heterocycles. The van der Waals surface area contributed by atoms with Crippen LogP contribution in [-0.4, -0.2) is 47.4 Å². The highest BCUT2D eigenvalue weighted by Crippen LogP contribution is 2.26. The maximum Gasteiger partial charge on any atom is 0.0648 e. The molecule has 0 atom stereocenters. The van der Waals surface area contributed by atoms with E-state index in [9.17, 15) is 0 Å². The predicted molar refractivity (Wildman–Crippen MR) is 122 cm³/mol. The van der Waals surface area contributed by atoms with Gasteiger partial charge in [-0.3, -0.25) is 4.90 Å². The van der Waals surface area contributed by atoms with Gasteiger partial charge in [-0.1, -0.05) is 53.6 Å². The van der Waals surface area contributed by atoms with Gasteiger partial charge in [0.25, 0.3) is 0 Å². The number of rotatable bonds is 5. The highest BCUT2D eigenvalue weighted by Gasteiger charge is 2.17. The van der Waals surface area contributed by atoms with Crippen LogP contribution in [0.25, 0.3) is 11.8 Å². The molecule has 2 aromatic carbocycles. The summed E-state index contributed by atoms with van der Waals surface area (Å²) in [6, 6.07) is 16.0. The van der Waals surface area contributed by atoms with Gasteiger partial charge in [0.15, 0.2) is 0 Å². The Balaban J connectivity index is 1.33. The molecule has 1 aliphatic rings. The van der Waals surface area contributed by atoms with Crippen molar-refractivity contribution in [2.45, 2.75) is 6.92 Å². The van der Waals surface area contributed by atoms with Gasteiger partial charge in [-0.15, -0.1) is 0 Å². The zero-order chi connectivity index (χ0) is 20.2. The Bertz CT molecular complexity index is 969. The third kappa shape index (κ3) is 4.84. The standard InChI is InChI=1S/C23H24Cl2N4/c1-18-19(17-26-29(18)22-7-3-2-4-8-22)6-5-9-27-10-12-28(13-11-27)23-15-20(24)14-21(25)16-23/h2-8,14-17H,9-13H2,1H3/b6-5+. The minimum atomic E-state index is 0.685. The van der Waals surface area contributed by atoms with Gasteiger partial charge < -0.3 is 4.90 Å². The molecule has 4 rings (SSSR count). The molecule has 29 heavy (non-hydrogen) atoms. The molecule has 0 N–H and O–H groups in total. The Hall–Kier alpha value is -2.27. The van der Waals surface area contributed by atoms with Crippen LogP contribution in [-0.2, 0) is 0 Å². The smallest absolute Gasteiger partial charge is 0.0648 e. The van der Waals surface area contributed by atoms with Gasteiger partial charge in [-0.2, -0.15) is 5.10 Å². The van der Waals surface area contributed by atoms with Crippen molar-refractivity contribution in [2.75, 3.05) is 37.6 Å². The predicted octanol–water partition coefficient (Wildman–Crippen LogP) is 5.32. The Labute approximate surface area is 182 Å². The molecule has 0 unspecified atom stereocenters. The maximum absolute atomic E-state index is 6.14. The van der Waals surface area contributed by atoms with Crippen LogP contribution in [0.15, 0.2) is 60.8 Å². The number of hydrogen-bond donors (Lipinski definition) is 0. The van der Waals surface area contributed by atoms with E-state index in [4.69, 9.17) is 23.2 Å². The largest absolute Gasteiger partial charge is 0.369 e. The fraction of sp³-hybridized carbons (Fsp3) is 0.261. The monoisotopic (exact) mass is 426 g/mol. The van der Waals surface area contributed by atoms with Gasteiger partial charge in [0.05, 0.1) is 11.9 Å². The second-order valence-corrected chi connectivity index (χ2v) is 8.12. The van der Waals surface area contributed by atoms with E-state index in [1.807, 2.05) is 41.2 Å². The summed E-state index contributed by atoms with van der Waals surface area (Å²) in [6.07, 6.45) is 6.33. The van der Waals surface area contributed by atoms with Gasteiger partial charge in [0.1, 0.15) is 0 Å². The summed E-state index contributed by atoms with van der Waals surface area (Å²) in [7, 11) is 0. The van der Waals surface area contributed by atoms with Crippen molar-refractivity contribution in [3.63, 3.8) is 0 Å². The van der Waals surface area contributed by atoms with Crippen LogP contribution in [0.1, 0.15) is 11.3 Å². The van der Waals surface area contributed by atoms with E-state index in [2.05, 4.69) is 46.1 Å². The molecule has 0 radical (unpaired) electrons. The highest BCUT2D eigenvalue weighted by atomic mass is 35.5. The van der Waals surface area contributed by atoms with E-state index in [-0.39, 0.29) is 0 Å². The minimum absolute atomic E-state index is 0.685. The second-order valence-electron chi connectivity index (χ2n) is 7.25. The number of para-hydroxylation sites is 1. The Morgan fingerprint density at radius 3 is 2.31 bits per heavy atom. The van der Waals surface area contributed by atoms with Gasteiger partial charge >= 0.3 is 0 Å². The molecule has 6 heteroatoms. The Morgan fingerprint density at radius 2 is 1.62 bits per heavy atom. The number of aromatic nitrogens is 2. The van der Waals surface area contributed by atoms with Crippen LogP contribution >= 0.6 is 23.2 Å². The summed E-state index contributed by atoms with van der Waals surface area (Å²) in [5.41, 5.74) is 4.49. The lowest BCUT2D eigenvalue weighted by molar-refractivity contribution is 0.284. The van der Waals surface area contributed by atoms with E-state index < -0.39 is 0 Å². The molecule has 0 bridgehead atoms. The first kappa shape index (κ1) is 20.0. The first-order valence-electron chi connectivity index (χ1n) is 9.80. The minimum Gasteiger partial charge on any atom is -0.369 e. The van der Waals surface area contributed by atoms with Crippen LogP contribution in [0.5, 0.6) is 0 Å². The van der Waals surface area contributed by atoms with Crippen LogP contribution < -0.4 is 4.90 Å². The first-order chi connectivity index (χ1) is 14.1. The molecule has 2 heterocycles. The lowest BCUT2D eigenvalue weighted by atomic mass is 10.2. The van der Waals surface area contributed by atoms with Crippen molar-refractivity contribution < 1.29 is 0 Å². The third-order valence-corrected chi connectivity index (χ3v) is 5.73. The highest BCUT2D eigenvalue weighted by molar-refractivity contribution is 6.35. The molecule has 1 saturated heterocycles. The molecule has 150 valence electrons. The van der Waals surface area contributed by atoms with Crippen molar-refractivity contribution in [3.8, 4) is 5.69 Å². The quantitative estimate of drug-likeness (QED) is 0.551. The zero-order valence-electron chi connectivity index (χ0n) is 16.4. The van der Waals surface area contributed by atoms with Crippen LogP contribution in [0, 0.1) is 6.92 Å². The number of halogens is 2. The van der Waals surface area contributed by atoms with E-state index in [1.54, 1.807) is 6.07 Å². The summed E-state index contributed by atoms with van der Waals surface area (Å²) < 4.78 is 1.98. The number of piperazine rings is 1. The number of nitrogens with zero attached hydrogens (tertiary/aromatic N) is 4.